The van der Waals surface area contributed by atoms with Crippen LogP contribution < -0.4 is 14.2 Å². The molecule has 18 heteroatoms. The Kier molecular flexibility index (Phi) is 21.8. The van der Waals surface area contributed by atoms with Crippen molar-refractivity contribution in [1.29, 1.82) is 0 Å². The summed E-state index contributed by atoms with van der Waals surface area (Å²) in [6, 6.07) is 53.0. The maximum Gasteiger partial charge on any atom is 0.298 e. The van der Waals surface area contributed by atoms with Crippen LogP contribution in [0.4, 0.5) is 0 Å². The van der Waals surface area contributed by atoms with Gasteiger partial charge in [-0.1, -0.05) is 96.1 Å². The minimum absolute atomic E-state index is 0.0324. The van der Waals surface area contributed by atoms with Gasteiger partial charge in [-0.25, -0.2) is 0 Å². The number of ether oxygens (including phenoxy) is 6. The molecule has 0 saturated heterocycles. The molecule has 0 bridgehead atoms. The number of hydrogen-bond acceptors (Lipinski definition) is 18. The number of phenols is 3. The lowest BCUT2D eigenvalue weighted by molar-refractivity contribution is -0.124. The molecule has 0 aliphatic heterocycles. The number of benzene rings is 9. The second-order valence-electron chi connectivity index (χ2n) is 22.2. The Hall–Kier alpha value is -11.7. The lowest BCUT2D eigenvalue weighted by Gasteiger charge is -2.11. The third-order valence-electron chi connectivity index (χ3n) is 15.5. The fourth-order valence-corrected chi connectivity index (χ4v) is 15.0. The van der Waals surface area contributed by atoms with Crippen molar-refractivity contribution < 1.29 is 72.5 Å². The van der Waals surface area contributed by atoms with Crippen LogP contribution in [0.5, 0.6) is 34.5 Å². The van der Waals surface area contributed by atoms with Gasteiger partial charge in [0.2, 0.25) is 17.3 Å². The van der Waals surface area contributed by atoms with E-state index in [1.54, 1.807) is 72.8 Å². The van der Waals surface area contributed by atoms with E-state index in [0.29, 0.717) is 68.0 Å². The third kappa shape index (κ3) is 15.8. The Morgan fingerprint density at radius 1 is 0.340 bits per heavy atom. The van der Waals surface area contributed by atoms with Gasteiger partial charge in [-0.3, -0.25) is 28.8 Å². The zero-order valence-electron chi connectivity index (χ0n) is 53.4. The Morgan fingerprint density at radius 2 is 0.670 bits per heavy atom. The zero-order chi connectivity index (χ0) is 68.9. The van der Waals surface area contributed by atoms with Crippen LogP contribution in [0.3, 0.4) is 0 Å². The number of thiophene rings is 3. The first-order chi connectivity index (χ1) is 46.8. The van der Waals surface area contributed by atoms with Crippen LogP contribution in [0.25, 0.3) is 63.6 Å². The fourth-order valence-electron chi connectivity index (χ4n) is 11.3. The van der Waals surface area contributed by atoms with Crippen molar-refractivity contribution >= 4 is 101 Å². The Balaban J connectivity index is 0.000000158. The molecule has 0 atom stereocenters. The largest absolute Gasteiger partial charge is 0.508 e. The van der Waals surface area contributed by atoms with Gasteiger partial charge in [0, 0.05) is 63.6 Å². The molecule has 0 amide bonds. The molecule has 0 unspecified atom stereocenters. The van der Waals surface area contributed by atoms with E-state index in [0.717, 1.165) is 121 Å². The lowest BCUT2D eigenvalue weighted by atomic mass is 9.92. The van der Waals surface area contributed by atoms with Crippen molar-refractivity contribution in [3.8, 4) is 67.9 Å². The van der Waals surface area contributed by atoms with Crippen molar-refractivity contribution in [2.24, 2.45) is 0 Å². The number of phenolic OH excluding ortho intramolecular Hbond substituents is 3. The smallest absolute Gasteiger partial charge is 0.298 e. The minimum atomic E-state index is -0.0486. The molecule has 12 rings (SSSR count). The van der Waals surface area contributed by atoms with Crippen LogP contribution in [0, 0.1) is 48.5 Å². The van der Waals surface area contributed by atoms with Gasteiger partial charge in [0.05, 0.1) is 14.6 Å². The number of aromatic hydroxyl groups is 3. The zero-order valence-corrected chi connectivity index (χ0v) is 55.9. The second kappa shape index (κ2) is 31.0. The molecule has 9 aromatic carbocycles. The molecular formula is C79H62O15S3. The van der Waals surface area contributed by atoms with Gasteiger partial charge in [-0.05, 0) is 184 Å². The van der Waals surface area contributed by atoms with Gasteiger partial charge >= 0.3 is 0 Å². The highest BCUT2D eigenvalue weighted by atomic mass is 32.1. The van der Waals surface area contributed by atoms with Crippen molar-refractivity contribution in [1.82, 2.24) is 0 Å². The summed E-state index contributed by atoms with van der Waals surface area (Å²) in [5.41, 5.74) is 14.0. The average molecular weight is 1350 g/mol. The first-order valence-corrected chi connectivity index (χ1v) is 32.5. The van der Waals surface area contributed by atoms with Crippen molar-refractivity contribution in [3.05, 3.63) is 284 Å². The van der Waals surface area contributed by atoms with Gasteiger partial charge in [0.15, 0.2) is 0 Å². The number of rotatable bonds is 21. The average Bonchev–Trinajstić information content (AvgIpc) is 1.64. The number of carbonyl (C=O) groups excluding carboxylic acids is 6. The minimum Gasteiger partial charge on any atom is -0.508 e. The van der Waals surface area contributed by atoms with Crippen molar-refractivity contribution in [3.63, 3.8) is 0 Å². The van der Waals surface area contributed by atoms with Crippen LogP contribution in [0.2, 0.25) is 0 Å². The van der Waals surface area contributed by atoms with Gasteiger partial charge < -0.3 is 43.7 Å². The normalized spacial score (nSPS) is 11.1. The Bertz CT molecular complexity index is 5010. The van der Waals surface area contributed by atoms with E-state index in [1.807, 2.05) is 152 Å². The molecule has 3 aromatic heterocycles. The molecule has 3 heterocycles. The summed E-state index contributed by atoms with van der Waals surface area (Å²) in [5, 5.41) is 32.6. The van der Waals surface area contributed by atoms with Crippen LogP contribution in [0.15, 0.2) is 213 Å². The highest BCUT2D eigenvalue weighted by molar-refractivity contribution is 7.22. The summed E-state index contributed by atoms with van der Waals surface area (Å²) in [6.45, 7) is 14.7. The van der Waals surface area contributed by atoms with Crippen LogP contribution in [-0.4, -0.2) is 52.1 Å². The SMILES string of the molecule is Cc1cc(C)c(C(=O)c2sc3cc(O)ccc3c2-c2ccc(O/C=C/OC=O)cc2)c(C)c1.Cc1ccc(C(=O)c2sc3cc(O)ccc3c2-c2ccc(O/C=C/OC=O)cc2)c(C)c1.Cc1cccc(C)c1C(=O)c1sc2cc(O)ccc2c1-c1ccc(O/C=C/OC=O)cc1. The van der Waals surface area contributed by atoms with Gasteiger partial charge in [0.1, 0.15) is 72.1 Å². The van der Waals surface area contributed by atoms with E-state index in [2.05, 4.69) is 14.2 Å². The second-order valence-corrected chi connectivity index (χ2v) is 25.4. The number of hydrogen-bond donors (Lipinski definition) is 3. The van der Waals surface area contributed by atoms with Gasteiger partial charge in [0.25, 0.3) is 19.4 Å². The number of ketones is 3. The van der Waals surface area contributed by atoms with Crippen molar-refractivity contribution in [2.45, 2.75) is 48.5 Å². The summed E-state index contributed by atoms with van der Waals surface area (Å²) in [5.74, 6) is 2.02. The maximum atomic E-state index is 13.8. The van der Waals surface area contributed by atoms with E-state index in [1.165, 1.54) is 52.8 Å². The molecular weight excluding hydrogens is 1290 g/mol. The summed E-state index contributed by atoms with van der Waals surface area (Å²) < 4.78 is 32.1. The first kappa shape index (κ1) is 68.2. The fraction of sp³-hybridized carbons (Fsp3) is 0.0886. The third-order valence-corrected chi connectivity index (χ3v) is 18.9. The number of aryl methyl sites for hydroxylation is 7. The monoisotopic (exact) mass is 1350 g/mol. The molecule has 3 N–H and O–H groups in total. The number of fused-ring (bicyclic) bond motifs is 3. The molecule has 486 valence electrons. The van der Waals surface area contributed by atoms with Gasteiger partial charge in [-0.15, -0.1) is 34.0 Å². The van der Waals surface area contributed by atoms with Gasteiger partial charge in [-0.2, -0.15) is 0 Å². The van der Waals surface area contributed by atoms with Crippen molar-refractivity contribution in [2.75, 3.05) is 0 Å². The van der Waals surface area contributed by atoms with E-state index in [-0.39, 0.29) is 34.6 Å². The standard InChI is InChI=1S/C27H22O5S.2C26H20O5S/c1-16-12-17(2)24(18(3)13-16)26(30)27-25(22-9-6-20(29)14-23(22)33-27)19-4-7-21(8-5-19)32-11-10-31-15-28;1-16-3-9-21(17(2)13-16)25(29)26-24(22-10-6-19(28)14-23(22)32-26)18-4-7-20(8-5-18)31-12-11-30-15-27;1-16-4-3-5-17(2)23(16)25(29)26-24(21-11-8-19(28)14-22(21)32-26)18-6-9-20(10-7-18)31-13-12-30-15-27/h4-15,29H,1-3H3;2*3-15,28H,1-2H3/b11-10+;12-11+;13-12+. The molecule has 0 radical (unpaired) electrons. The predicted molar refractivity (Wildman–Crippen MR) is 380 cm³/mol. The predicted octanol–water partition coefficient (Wildman–Crippen LogP) is 18.7. The Labute approximate surface area is 570 Å². The highest BCUT2D eigenvalue weighted by Gasteiger charge is 2.27. The highest BCUT2D eigenvalue weighted by Crippen LogP contribution is 2.46. The molecule has 97 heavy (non-hydrogen) atoms. The molecule has 0 spiro atoms. The van der Waals surface area contributed by atoms with Crippen LogP contribution >= 0.6 is 34.0 Å². The van der Waals surface area contributed by atoms with E-state index >= 15 is 0 Å². The van der Waals surface area contributed by atoms with Crippen LogP contribution in [0.1, 0.15) is 84.6 Å². The van der Waals surface area contributed by atoms with E-state index in [9.17, 15) is 44.1 Å². The lowest BCUT2D eigenvalue weighted by Crippen LogP contribution is -2.06. The molecule has 0 aliphatic carbocycles. The summed E-state index contributed by atoms with van der Waals surface area (Å²) in [6.07, 6.45) is 7.22. The van der Waals surface area contributed by atoms with Crippen LogP contribution in [-0.2, 0) is 28.6 Å². The van der Waals surface area contributed by atoms with E-state index < -0.39 is 0 Å². The number of carbonyl (C=O) groups is 6. The summed E-state index contributed by atoms with van der Waals surface area (Å²) in [7, 11) is 0. The molecule has 12 aromatic rings. The Morgan fingerprint density at radius 3 is 1.01 bits per heavy atom. The summed E-state index contributed by atoms with van der Waals surface area (Å²) >= 11 is 4.13. The topological polar surface area (TPSA) is 218 Å². The maximum absolute atomic E-state index is 13.8. The first-order valence-electron chi connectivity index (χ1n) is 30.0. The summed E-state index contributed by atoms with van der Waals surface area (Å²) in [4.78, 5) is 73.5. The molecule has 0 saturated carbocycles. The van der Waals surface area contributed by atoms with E-state index in [4.69, 9.17) is 14.2 Å². The molecule has 15 nitrogen and oxygen atoms in total. The quantitative estimate of drug-likeness (QED) is 0.0264. The molecule has 0 aliphatic rings. The molecule has 0 fully saturated rings.